The van der Waals surface area contributed by atoms with Crippen LogP contribution in [0.4, 0.5) is 26.1 Å². The highest BCUT2D eigenvalue weighted by atomic mass is 79.9. The summed E-state index contributed by atoms with van der Waals surface area (Å²) in [6, 6.07) is 9.36. The molecular weight excluding hydrogens is 492 g/mol. The van der Waals surface area contributed by atoms with Gasteiger partial charge in [0.25, 0.3) is 0 Å². The van der Waals surface area contributed by atoms with Crippen LogP contribution in [0.25, 0.3) is 4.85 Å². The SMILES string of the molecule is Fc1cc(Br)ccc1CNc1cnccn1.[C-]#[N+]c1ccc(CNc2cnccn2)c(F)c1. The van der Waals surface area contributed by atoms with E-state index in [1.165, 1.54) is 12.1 Å². The van der Waals surface area contributed by atoms with E-state index in [0.29, 0.717) is 41.5 Å². The van der Waals surface area contributed by atoms with Gasteiger partial charge in [0.2, 0.25) is 0 Å². The Morgan fingerprint density at radius 2 is 1.33 bits per heavy atom. The predicted molar refractivity (Wildman–Crippen MR) is 125 cm³/mol. The van der Waals surface area contributed by atoms with E-state index < -0.39 is 5.82 Å². The number of nitrogens with one attached hydrogen (secondary N) is 2. The van der Waals surface area contributed by atoms with E-state index in [1.807, 2.05) is 0 Å². The minimum absolute atomic E-state index is 0.245. The van der Waals surface area contributed by atoms with Crippen molar-refractivity contribution in [3.8, 4) is 0 Å². The second-order valence-corrected chi connectivity index (χ2v) is 7.43. The monoisotopic (exact) mass is 509 g/mol. The quantitative estimate of drug-likeness (QED) is 0.321. The number of aromatic nitrogens is 4. The molecule has 0 fully saturated rings. The third kappa shape index (κ3) is 7.59. The zero-order chi connectivity index (χ0) is 23.5. The Bertz CT molecular complexity index is 1220. The summed E-state index contributed by atoms with van der Waals surface area (Å²) in [5.41, 5.74) is 1.38. The van der Waals surface area contributed by atoms with Crippen LogP contribution in [0.15, 0.2) is 78.1 Å². The van der Waals surface area contributed by atoms with Gasteiger partial charge in [0.1, 0.15) is 23.3 Å². The van der Waals surface area contributed by atoms with Crippen LogP contribution in [-0.4, -0.2) is 19.9 Å². The van der Waals surface area contributed by atoms with Gasteiger partial charge < -0.3 is 10.6 Å². The van der Waals surface area contributed by atoms with E-state index in [0.717, 1.165) is 4.47 Å². The maximum Gasteiger partial charge on any atom is 0.190 e. The molecule has 10 heteroatoms. The number of hydrogen-bond acceptors (Lipinski definition) is 6. The summed E-state index contributed by atoms with van der Waals surface area (Å²) in [5, 5.41) is 5.94. The van der Waals surface area contributed by atoms with Gasteiger partial charge in [0, 0.05) is 53.5 Å². The van der Waals surface area contributed by atoms with Crippen molar-refractivity contribution >= 4 is 33.3 Å². The molecule has 4 rings (SSSR count). The smallest absolute Gasteiger partial charge is 0.190 e. The van der Waals surface area contributed by atoms with Crippen LogP contribution in [-0.2, 0) is 13.1 Å². The Kier molecular flexibility index (Phi) is 8.73. The number of rotatable bonds is 6. The first-order valence-electron chi connectivity index (χ1n) is 9.64. The minimum Gasteiger partial charge on any atom is -0.365 e. The van der Waals surface area contributed by atoms with Crippen LogP contribution in [0.2, 0.25) is 0 Å². The van der Waals surface area contributed by atoms with Crippen LogP contribution in [0.1, 0.15) is 11.1 Å². The van der Waals surface area contributed by atoms with Crippen molar-refractivity contribution < 1.29 is 8.78 Å². The van der Waals surface area contributed by atoms with Gasteiger partial charge >= 0.3 is 0 Å². The molecule has 7 nitrogen and oxygen atoms in total. The predicted octanol–water partition coefficient (Wildman–Crippen LogP) is 5.77. The topological polar surface area (TPSA) is 80.0 Å². The molecule has 2 aromatic heterocycles. The molecule has 0 atom stereocenters. The molecule has 4 aromatic rings. The average Bonchev–Trinajstić information content (AvgIpc) is 2.84. The average molecular weight is 510 g/mol. The molecule has 2 N–H and O–H groups in total. The molecule has 0 aliphatic carbocycles. The fraction of sp³-hybridized carbons (Fsp3) is 0.0870. The lowest BCUT2D eigenvalue weighted by Crippen LogP contribution is -2.03. The van der Waals surface area contributed by atoms with E-state index in [9.17, 15) is 8.78 Å². The molecule has 0 radical (unpaired) electrons. The van der Waals surface area contributed by atoms with Crippen molar-refractivity contribution in [1.82, 2.24) is 19.9 Å². The molecule has 0 aliphatic heterocycles. The van der Waals surface area contributed by atoms with E-state index in [4.69, 9.17) is 6.57 Å². The maximum absolute atomic E-state index is 13.5. The summed E-state index contributed by atoms with van der Waals surface area (Å²) < 4.78 is 27.7. The summed E-state index contributed by atoms with van der Waals surface area (Å²) in [6.07, 6.45) is 9.45. The van der Waals surface area contributed by atoms with Crippen LogP contribution in [0.3, 0.4) is 0 Å². The van der Waals surface area contributed by atoms with Gasteiger partial charge in [-0.25, -0.2) is 23.6 Å². The normalized spacial score (nSPS) is 9.88. The number of hydrogen-bond donors (Lipinski definition) is 2. The first-order chi connectivity index (χ1) is 16.0. The Balaban J connectivity index is 0.000000186. The number of benzene rings is 2. The molecular formula is C23H18BrF2N7. The van der Waals surface area contributed by atoms with E-state index >= 15 is 0 Å². The second kappa shape index (κ2) is 12.2. The molecule has 0 amide bonds. The van der Waals surface area contributed by atoms with Gasteiger partial charge in [0.15, 0.2) is 5.69 Å². The van der Waals surface area contributed by atoms with Gasteiger partial charge in [-0.3, -0.25) is 9.97 Å². The maximum atomic E-state index is 13.5. The van der Waals surface area contributed by atoms with E-state index in [1.54, 1.807) is 61.4 Å². The zero-order valence-electron chi connectivity index (χ0n) is 17.2. The number of nitrogens with zero attached hydrogens (tertiary/aromatic N) is 5. The van der Waals surface area contributed by atoms with Crippen LogP contribution in [0.5, 0.6) is 0 Å². The van der Waals surface area contributed by atoms with Crippen molar-refractivity contribution in [2.24, 2.45) is 0 Å². The van der Waals surface area contributed by atoms with Crippen molar-refractivity contribution in [3.05, 3.63) is 112 Å². The third-order valence-electron chi connectivity index (χ3n) is 4.23. The highest BCUT2D eigenvalue weighted by molar-refractivity contribution is 9.10. The van der Waals surface area contributed by atoms with Gasteiger partial charge in [0.05, 0.1) is 19.0 Å². The lowest BCUT2D eigenvalue weighted by molar-refractivity contribution is 0.612. The summed E-state index contributed by atoms with van der Waals surface area (Å²) in [5.74, 6) is 0.576. The van der Waals surface area contributed by atoms with E-state index in [2.05, 4.69) is 51.3 Å². The summed E-state index contributed by atoms with van der Waals surface area (Å²) in [7, 11) is 0. The van der Waals surface area contributed by atoms with Gasteiger partial charge in [-0.15, -0.1) is 0 Å². The molecule has 0 saturated heterocycles. The van der Waals surface area contributed by atoms with Crippen molar-refractivity contribution in [2.75, 3.05) is 10.6 Å². The first-order valence-corrected chi connectivity index (χ1v) is 10.4. The standard InChI is InChI=1S/C12H9FN4.C11H9BrFN3/c1-14-10-3-2-9(11(13)6-10)7-17-12-8-15-4-5-16-12;12-9-2-1-8(10(13)5-9)6-16-11-7-14-3-4-15-11/h2-6,8H,7H2,(H,16,17);1-5,7H,6H2,(H,15,16). The third-order valence-corrected chi connectivity index (χ3v) is 4.72. The van der Waals surface area contributed by atoms with Crippen LogP contribution < -0.4 is 10.6 Å². The summed E-state index contributed by atoms with van der Waals surface area (Å²) in [4.78, 5) is 19.0. The summed E-state index contributed by atoms with van der Waals surface area (Å²) >= 11 is 3.21. The Labute approximate surface area is 197 Å². The highest BCUT2D eigenvalue weighted by Gasteiger charge is 2.04. The Morgan fingerprint density at radius 1 is 0.788 bits per heavy atom. The molecule has 2 heterocycles. The van der Waals surface area contributed by atoms with Gasteiger partial charge in [-0.2, -0.15) is 0 Å². The van der Waals surface area contributed by atoms with Crippen molar-refractivity contribution in [3.63, 3.8) is 0 Å². The molecule has 0 spiro atoms. The molecule has 0 bridgehead atoms. The fourth-order valence-electron chi connectivity index (χ4n) is 2.57. The Hall–Kier alpha value is -3.97. The molecule has 0 aliphatic rings. The molecule has 166 valence electrons. The zero-order valence-corrected chi connectivity index (χ0v) is 18.8. The summed E-state index contributed by atoms with van der Waals surface area (Å²) in [6.45, 7) is 7.47. The number of halogens is 3. The minimum atomic E-state index is -0.394. The lowest BCUT2D eigenvalue weighted by atomic mass is 10.2. The molecule has 33 heavy (non-hydrogen) atoms. The number of anilines is 2. The second-order valence-electron chi connectivity index (χ2n) is 6.51. The Morgan fingerprint density at radius 3 is 1.79 bits per heavy atom. The molecule has 0 saturated carbocycles. The van der Waals surface area contributed by atoms with Crippen molar-refractivity contribution in [2.45, 2.75) is 13.1 Å². The van der Waals surface area contributed by atoms with Crippen molar-refractivity contribution in [1.29, 1.82) is 0 Å². The largest absolute Gasteiger partial charge is 0.365 e. The van der Waals surface area contributed by atoms with Gasteiger partial charge in [-0.1, -0.05) is 34.1 Å². The first kappa shape index (κ1) is 23.7. The fourth-order valence-corrected chi connectivity index (χ4v) is 2.90. The van der Waals surface area contributed by atoms with Gasteiger partial charge in [-0.05, 0) is 18.2 Å². The van der Waals surface area contributed by atoms with E-state index in [-0.39, 0.29) is 5.82 Å². The highest BCUT2D eigenvalue weighted by Crippen LogP contribution is 2.18. The molecule has 2 aromatic carbocycles. The van der Waals surface area contributed by atoms with Crippen LogP contribution in [0, 0.1) is 18.2 Å². The lowest BCUT2D eigenvalue weighted by Gasteiger charge is -2.06. The molecule has 0 unspecified atom stereocenters. The van der Waals surface area contributed by atoms with Crippen LogP contribution >= 0.6 is 15.9 Å².